The van der Waals surface area contributed by atoms with Gasteiger partial charge in [-0.15, -0.1) is 0 Å². The van der Waals surface area contributed by atoms with Gasteiger partial charge in [0.15, 0.2) is 0 Å². The van der Waals surface area contributed by atoms with Crippen molar-refractivity contribution in [3.05, 3.63) is 33.6 Å². The summed E-state index contributed by atoms with van der Waals surface area (Å²) < 4.78 is 1.01. The molecule has 15 heavy (non-hydrogen) atoms. The molecule has 0 saturated heterocycles. The van der Waals surface area contributed by atoms with Crippen LogP contribution in [0.4, 0.5) is 0 Å². The van der Waals surface area contributed by atoms with Crippen LogP contribution in [0.15, 0.2) is 22.7 Å². The molecule has 0 spiro atoms. The van der Waals surface area contributed by atoms with Crippen LogP contribution in [0.2, 0.25) is 5.28 Å². The molecule has 4 heteroatoms. The Bertz CT molecular complexity index is 494. The molecule has 0 aliphatic rings. The maximum Gasteiger partial charge on any atom is 0.223 e. The van der Waals surface area contributed by atoms with Crippen molar-refractivity contribution in [3.8, 4) is 0 Å². The molecule has 0 bridgehead atoms. The van der Waals surface area contributed by atoms with Gasteiger partial charge in [0.2, 0.25) is 5.28 Å². The second-order valence-electron chi connectivity index (χ2n) is 3.35. The van der Waals surface area contributed by atoms with Gasteiger partial charge in [-0.05, 0) is 36.2 Å². The topological polar surface area (TPSA) is 25.8 Å². The van der Waals surface area contributed by atoms with E-state index in [2.05, 4.69) is 32.8 Å². The predicted octanol–water partition coefficient (Wildman–Crippen LogP) is 4.00. The Morgan fingerprint density at radius 1 is 1.33 bits per heavy atom. The SMILES string of the molecule is CCCc1nc(Cl)nc2cc(Br)ccc12. The van der Waals surface area contributed by atoms with Crippen LogP contribution in [0.5, 0.6) is 0 Å². The Morgan fingerprint density at radius 2 is 2.13 bits per heavy atom. The number of nitrogens with zero attached hydrogens (tertiary/aromatic N) is 2. The van der Waals surface area contributed by atoms with Crippen LogP contribution in [-0.4, -0.2) is 9.97 Å². The Hall–Kier alpha value is -0.670. The molecule has 1 aromatic heterocycles. The summed E-state index contributed by atoms with van der Waals surface area (Å²) in [6, 6.07) is 5.99. The summed E-state index contributed by atoms with van der Waals surface area (Å²) in [5.41, 5.74) is 1.92. The van der Waals surface area contributed by atoms with Gasteiger partial charge in [-0.1, -0.05) is 29.3 Å². The fourth-order valence-corrected chi connectivity index (χ4v) is 2.11. The molecule has 78 valence electrons. The predicted molar refractivity (Wildman–Crippen MR) is 66.2 cm³/mol. The summed E-state index contributed by atoms with van der Waals surface area (Å²) in [6.07, 6.45) is 1.98. The summed E-state index contributed by atoms with van der Waals surface area (Å²) in [7, 11) is 0. The lowest BCUT2D eigenvalue weighted by Crippen LogP contribution is -1.94. The maximum absolute atomic E-state index is 5.87. The van der Waals surface area contributed by atoms with Crippen LogP contribution in [0, 0.1) is 0 Å². The molecule has 0 aliphatic carbocycles. The number of benzene rings is 1. The van der Waals surface area contributed by atoms with E-state index in [0.29, 0.717) is 5.28 Å². The first kappa shape index (κ1) is 10.8. The van der Waals surface area contributed by atoms with E-state index in [1.807, 2.05) is 18.2 Å². The monoisotopic (exact) mass is 284 g/mol. The van der Waals surface area contributed by atoms with Crippen LogP contribution in [0.25, 0.3) is 10.9 Å². The van der Waals surface area contributed by atoms with E-state index < -0.39 is 0 Å². The number of halogens is 2. The minimum absolute atomic E-state index is 0.323. The van der Waals surface area contributed by atoms with Crippen LogP contribution in [0.1, 0.15) is 19.0 Å². The molecular weight excluding hydrogens is 275 g/mol. The zero-order chi connectivity index (χ0) is 10.8. The number of fused-ring (bicyclic) bond motifs is 1. The van der Waals surface area contributed by atoms with Gasteiger partial charge in [0.25, 0.3) is 0 Å². The zero-order valence-corrected chi connectivity index (χ0v) is 10.6. The molecule has 0 fully saturated rings. The normalized spacial score (nSPS) is 10.9. The van der Waals surface area contributed by atoms with Crippen molar-refractivity contribution in [2.24, 2.45) is 0 Å². The van der Waals surface area contributed by atoms with Gasteiger partial charge in [0, 0.05) is 9.86 Å². The highest BCUT2D eigenvalue weighted by Gasteiger charge is 2.05. The van der Waals surface area contributed by atoms with Gasteiger partial charge in [-0.2, -0.15) is 0 Å². The molecule has 0 radical (unpaired) electrons. The number of aromatic nitrogens is 2. The minimum atomic E-state index is 0.323. The first-order valence-corrected chi connectivity index (χ1v) is 5.99. The Labute approximate surface area is 102 Å². The van der Waals surface area contributed by atoms with E-state index in [-0.39, 0.29) is 0 Å². The maximum atomic E-state index is 5.87. The number of hydrogen-bond donors (Lipinski definition) is 0. The second-order valence-corrected chi connectivity index (χ2v) is 4.60. The van der Waals surface area contributed by atoms with Crippen molar-refractivity contribution in [3.63, 3.8) is 0 Å². The lowest BCUT2D eigenvalue weighted by molar-refractivity contribution is 0.886. The quantitative estimate of drug-likeness (QED) is 0.780. The summed E-state index contributed by atoms with van der Waals surface area (Å²) in [6.45, 7) is 2.13. The van der Waals surface area contributed by atoms with Crippen molar-refractivity contribution in [1.29, 1.82) is 0 Å². The van der Waals surface area contributed by atoms with Crippen molar-refractivity contribution >= 4 is 38.4 Å². The molecule has 0 aliphatic heterocycles. The highest BCUT2D eigenvalue weighted by atomic mass is 79.9. The molecule has 2 nitrogen and oxygen atoms in total. The lowest BCUT2D eigenvalue weighted by atomic mass is 10.1. The standard InChI is InChI=1S/C11H10BrClN2/c1-2-3-9-8-5-4-7(12)6-10(8)15-11(13)14-9/h4-6H,2-3H2,1H3. The van der Waals surface area contributed by atoms with Crippen LogP contribution in [0.3, 0.4) is 0 Å². The second kappa shape index (κ2) is 4.45. The van der Waals surface area contributed by atoms with Gasteiger partial charge in [-0.25, -0.2) is 9.97 Å². The van der Waals surface area contributed by atoms with E-state index in [4.69, 9.17) is 11.6 Å². The van der Waals surface area contributed by atoms with Gasteiger partial charge in [-0.3, -0.25) is 0 Å². The number of rotatable bonds is 2. The molecule has 2 rings (SSSR count). The first-order chi connectivity index (χ1) is 7.20. The Morgan fingerprint density at radius 3 is 2.87 bits per heavy atom. The van der Waals surface area contributed by atoms with Crippen molar-refractivity contribution < 1.29 is 0 Å². The third kappa shape index (κ3) is 2.29. The first-order valence-electron chi connectivity index (χ1n) is 4.82. The average Bonchev–Trinajstić information content (AvgIpc) is 2.17. The van der Waals surface area contributed by atoms with E-state index in [0.717, 1.165) is 33.9 Å². The third-order valence-electron chi connectivity index (χ3n) is 2.20. The van der Waals surface area contributed by atoms with E-state index in [1.54, 1.807) is 0 Å². The molecular formula is C11H10BrClN2. The summed E-state index contributed by atoms with van der Waals surface area (Å²) >= 11 is 9.29. The van der Waals surface area contributed by atoms with Gasteiger partial charge in [0.1, 0.15) is 0 Å². The Kier molecular flexibility index (Phi) is 3.22. The van der Waals surface area contributed by atoms with Crippen LogP contribution >= 0.6 is 27.5 Å². The molecule has 0 amide bonds. The fraction of sp³-hybridized carbons (Fsp3) is 0.273. The van der Waals surface area contributed by atoms with Crippen LogP contribution in [-0.2, 0) is 6.42 Å². The summed E-state index contributed by atoms with van der Waals surface area (Å²) in [4.78, 5) is 8.46. The number of hydrogen-bond acceptors (Lipinski definition) is 2. The minimum Gasteiger partial charge on any atom is -0.222 e. The molecule has 0 N–H and O–H groups in total. The lowest BCUT2D eigenvalue weighted by Gasteiger charge is -2.04. The smallest absolute Gasteiger partial charge is 0.222 e. The highest BCUT2D eigenvalue weighted by Crippen LogP contribution is 2.22. The largest absolute Gasteiger partial charge is 0.223 e. The third-order valence-corrected chi connectivity index (χ3v) is 2.86. The highest BCUT2D eigenvalue weighted by molar-refractivity contribution is 9.10. The van der Waals surface area contributed by atoms with E-state index in [9.17, 15) is 0 Å². The van der Waals surface area contributed by atoms with Gasteiger partial charge in [0.05, 0.1) is 11.2 Å². The van der Waals surface area contributed by atoms with Crippen molar-refractivity contribution in [1.82, 2.24) is 9.97 Å². The molecule has 0 atom stereocenters. The molecule has 0 unspecified atom stereocenters. The summed E-state index contributed by atoms with van der Waals surface area (Å²) in [5.74, 6) is 0. The molecule has 2 aromatic rings. The Balaban J connectivity index is 2.68. The fourth-order valence-electron chi connectivity index (χ4n) is 1.56. The molecule has 1 aromatic carbocycles. The van der Waals surface area contributed by atoms with Gasteiger partial charge >= 0.3 is 0 Å². The van der Waals surface area contributed by atoms with Crippen molar-refractivity contribution in [2.75, 3.05) is 0 Å². The van der Waals surface area contributed by atoms with Crippen molar-refractivity contribution in [2.45, 2.75) is 19.8 Å². The van der Waals surface area contributed by atoms with E-state index in [1.165, 1.54) is 0 Å². The average molecular weight is 286 g/mol. The molecule has 1 heterocycles. The molecule has 0 saturated carbocycles. The van der Waals surface area contributed by atoms with E-state index >= 15 is 0 Å². The van der Waals surface area contributed by atoms with Gasteiger partial charge < -0.3 is 0 Å². The summed E-state index contributed by atoms with van der Waals surface area (Å²) in [5, 5.41) is 1.41. The van der Waals surface area contributed by atoms with Crippen LogP contribution < -0.4 is 0 Å². The number of aryl methyl sites for hydroxylation is 1. The zero-order valence-electron chi connectivity index (χ0n) is 8.30.